The highest BCUT2D eigenvalue weighted by Gasteiger charge is 2.49. The van der Waals surface area contributed by atoms with Crippen LogP contribution in [0.5, 0.6) is 0 Å². The van der Waals surface area contributed by atoms with Crippen LogP contribution in [0, 0.1) is 11.3 Å². The minimum absolute atomic E-state index is 0.259. The highest BCUT2D eigenvalue weighted by atomic mass is 16.1. The lowest BCUT2D eigenvalue weighted by Gasteiger charge is -2.49. The van der Waals surface area contributed by atoms with Crippen molar-refractivity contribution in [2.24, 2.45) is 17.1 Å². The van der Waals surface area contributed by atoms with Crippen LogP contribution in [-0.2, 0) is 4.79 Å². The number of hydrogen-bond acceptors (Lipinski definition) is 2. The highest BCUT2D eigenvalue weighted by Crippen LogP contribution is 2.51. The van der Waals surface area contributed by atoms with E-state index < -0.39 is 0 Å². The van der Waals surface area contributed by atoms with Crippen molar-refractivity contribution in [2.75, 3.05) is 6.54 Å². The molecule has 0 aromatic carbocycles. The number of Topliss-reactive ketones (excluding diaryl/α,β-unsaturated/α-hetero) is 1. The molecule has 0 unspecified atom stereocenters. The second-order valence-corrected chi connectivity index (χ2v) is 4.09. The fourth-order valence-corrected chi connectivity index (χ4v) is 2.35. The minimum atomic E-state index is 0.259. The fraction of sp³-hybridized carbons (Fsp3) is 0.889. The number of nitrogens with two attached hydrogens (primary N) is 1. The smallest absolute Gasteiger partial charge is 0.134 e. The predicted molar refractivity (Wildman–Crippen MR) is 43.1 cm³/mol. The van der Waals surface area contributed by atoms with E-state index >= 15 is 0 Å². The first-order chi connectivity index (χ1) is 5.27. The van der Waals surface area contributed by atoms with E-state index in [9.17, 15) is 4.79 Å². The van der Waals surface area contributed by atoms with Crippen LogP contribution in [-0.4, -0.2) is 12.3 Å². The summed E-state index contributed by atoms with van der Waals surface area (Å²) in [6.45, 7) is 0.726. The van der Waals surface area contributed by atoms with Crippen LogP contribution >= 0.6 is 0 Å². The van der Waals surface area contributed by atoms with Gasteiger partial charge in [0.25, 0.3) is 0 Å². The van der Waals surface area contributed by atoms with E-state index in [4.69, 9.17) is 5.73 Å². The molecular formula is C9H15NO. The van der Waals surface area contributed by atoms with Gasteiger partial charge in [-0.3, -0.25) is 4.79 Å². The Kier molecular flexibility index (Phi) is 1.53. The van der Waals surface area contributed by atoms with Crippen molar-refractivity contribution >= 4 is 5.78 Å². The molecule has 0 amide bonds. The maximum atomic E-state index is 10.9. The van der Waals surface area contributed by atoms with Gasteiger partial charge in [0.2, 0.25) is 0 Å². The summed E-state index contributed by atoms with van der Waals surface area (Å²) in [6, 6.07) is 0. The molecule has 2 nitrogen and oxygen atoms in total. The van der Waals surface area contributed by atoms with Gasteiger partial charge in [-0.1, -0.05) is 6.42 Å². The van der Waals surface area contributed by atoms with Crippen LogP contribution in [0.15, 0.2) is 0 Å². The van der Waals surface area contributed by atoms with Crippen LogP contribution in [0.3, 0.4) is 0 Å². The van der Waals surface area contributed by atoms with E-state index in [1.165, 1.54) is 19.3 Å². The molecule has 2 heteroatoms. The van der Waals surface area contributed by atoms with Gasteiger partial charge >= 0.3 is 0 Å². The lowest BCUT2D eigenvalue weighted by Crippen LogP contribution is -2.51. The van der Waals surface area contributed by atoms with Crippen molar-refractivity contribution in [2.45, 2.75) is 32.1 Å². The maximum Gasteiger partial charge on any atom is 0.134 e. The van der Waals surface area contributed by atoms with Gasteiger partial charge < -0.3 is 5.73 Å². The molecule has 0 saturated heterocycles. The summed E-state index contributed by atoms with van der Waals surface area (Å²) in [5.74, 6) is 1.20. The summed E-state index contributed by atoms with van der Waals surface area (Å²) in [5, 5.41) is 0. The third kappa shape index (κ3) is 0.924. The average Bonchev–Trinajstić information content (AvgIpc) is 1.79. The zero-order chi connectivity index (χ0) is 7.90. The Bertz CT molecular complexity index is 176. The zero-order valence-corrected chi connectivity index (χ0v) is 6.81. The van der Waals surface area contributed by atoms with Gasteiger partial charge in [-0.05, 0) is 30.7 Å². The van der Waals surface area contributed by atoms with Gasteiger partial charge in [0, 0.05) is 12.8 Å². The number of carbonyl (C=O) groups excluding carboxylic acids is 1. The Morgan fingerprint density at radius 2 is 2.09 bits per heavy atom. The number of carbonyl (C=O) groups is 1. The first-order valence-electron chi connectivity index (χ1n) is 4.49. The molecule has 62 valence electrons. The predicted octanol–water partition coefficient (Wildman–Crippen LogP) is 1.09. The van der Waals surface area contributed by atoms with E-state index in [2.05, 4.69) is 0 Å². The Morgan fingerprint density at radius 3 is 2.36 bits per heavy atom. The fourth-order valence-electron chi connectivity index (χ4n) is 2.35. The van der Waals surface area contributed by atoms with Crippen molar-refractivity contribution in [1.29, 1.82) is 0 Å². The number of hydrogen-bond donors (Lipinski definition) is 1. The van der Waals surface area contributed by atoms with Crippen LogP contribution in [0.2, 0.25) is 0 Å². The van der Waals surface area contributed by atoms with Gasteiger partial charge in [-0.15, -0.1) is 0 Å². The van der Waals surface area contributed by atoms with Crippen LogP contribution < -0.4 is 5.73 Å². The molecule has 2 saturated carbocycles. The second-order valence-electron chi connectivity index (χ2n) is 4.09. The van der Waals surface area contributed by atoms with Gasteiger partial charge in [-0.2, -0.15) is 0 Å². The monoisotopic (exact) mass is 153 g/mol. The Morgan fingerprint density at radius 1 is 1.45 bits per heavy atom. The van der Waals surface area contributed by atoms with E-state index in [0.29, 0.717) is 5.78 Å². The summed E-state index contributed by atoms with van der Waals surface area (Å²) < 4.78 is 0. The normalized spacial score (nSPS) is 29.4. The molecule has 0 radical (unpaired) electrons. The van der Waals surface area contributed by atoms with E-state index in [0.717, 1.165) is 25.3 Å². The Labute approximate surface area is 67.1 Å². The summed E-state index contributed by atoms with van der Waals surface area (Å²) in [4.78, 5) is 10.9. The van der Waals surface area contributed by atoms with Crippen molar-refractivity contribution in [3.8, 4) is 0 Å². The zero-order valence-electron chi connectivity index (χ0n) is 6.81. The molecule has 0 atom stereocenters. The summed E-state index contributed by atoms with van der Waals surface area (Å²) in [5.41, 5.74) is 5.95. The molecule has 0 aromatic heterocycles. The largest absolute Gasteiger partial charge is 0.330 e. The Balaban J connectivity index is 2.00. The maximum absolute atomic E-state index is 10.9. The molecule has 2 aliphatic carbocycles. The molecule has 0 spiro atoms. The van der Waals surface area contributed by atoms with Crippen molar-refractivity contribution < 1.29 is 4.79 Å². The van der Waals surface area contributed by atoms with Gasteiger partial charge in [0.05, 0.1) is 0 Å². The van der Waals surface area contributed by atoms with Gasteiger partial charge in [-0.25, -0.2) is 0 Å². The average molecular weight is 153 g/mol. The molecule has 0 bridgehead atoms. The Hall–Kier alpha value is -0.370. The summed E-state index contributed by atoms with van der Waals surface area (Å²) >= 11 is 0. The summed E-state index contributed by atoms with van der Waals surface area (Å²) in [7, 11) is 0. The molecule has 2 N–H and O–H groups in total. The van der Waals surface area contributed by atoms with Crippen molar-refractivity contribution in [3.05, 3.63) is 0 Å². The van der Waals surface area contributed by atoms with E-state index in [1.54, 1.807) is 0 Å². The first kappa shape index (κ1) is 7.29. The quantitative estimate of drug-likeness (QED) is 0.645. The van der Waals surface area contributed by atoms with Gasteiger partial charge in [0.15, 0.2) is 0 Å². The highest BCUT2D eigenvalue weighted by molar-refractivity contribution is 5.86. The number of ketones is 1. The molecule has 2 rings (SSSR count). The van der Waals surface area contributed by atoms with Gasteiger partial charge in [0.1, 0.15) is 5.78 Å². The summed E-state index contributed by atoms with van der Waals surface area (Å²) in [6.07, 6.45) is 5.51. The molecule has 11 heavy (non-hydrogen) atoms. The molecular weight excluding hydrogens is 138 g/mol. The van der Waals surface area contributed by atoms with E-state index in [1.807, 2.05) is 0 Å². The standard InChI is InChI=1S/C9H15NO/c10-6-9(4-8(11)5-9)7-2-1-3-7/h7H,1-6,10H2. The molecule has 0 aliphatic heterocycles. The van der Waals surface area contributed by atoms with Crippen molar-refractivity contribution in [1.82, 2.24) is 0 Å². The first-order valence-corrected chi connectivity index (χ1v) is 4.49. The minimum Gasteiger partial charge on any atom is -0.330 e. The molecule has 0 heterocycles. The lowest BCUT2D eigenvalue weighted by molar-refractivity contribution is -0.138. The van der Waals surface area contributed by atoms with Crippen LogP contribution in [0.25, 0.3) is 0 Å². The lowest BCUT2D eigenvalue weighted by atomic mass is 9.55. The topological polar surface area (TPSA) is 43.1 Å². The number of rotatable bonds is 2. The van der Waals surface area contributed by atoms with Crippen LogP contribution in [0.1, 0.15) is 32.1 Å². The third-order valence-corrected chi connectivity index (χ3v) is 3.48. The SMILES string of the molecule is NCC1(C2CCC2)CC(=O)C1. The second kappa shape index (κ2) is 2.31. The van der Waals surface area contributed by atoms with E-state index in [-0.39, 0.29) is 5.41 Å². The molecule has 2 aliphatic rings. The van der Waals surface area contributed by atoms with Crippen LogP contribution in [0.4, 0.5) is 0 Å². The molecule has 2 fully saturated rings. The third-order valence-electron chi connectivity index (χ3n) is 3.48. The molecule has 0 aromatic rings. The van der Waals surface area contributed by atoms with Crippen molar-refractivity contribution in [3.63, 3.8) is 0 Å².